The van der Waals surface area contributed by atoms with Gasteiger partial charge in [-0.1, -0.05) is 5.57 Å². The lowest BCUT2D eigenvalue weighted by molar-refractivity contribution is -0.112. The zero-order valence-electron chi connectivity index (χ0n) is 7.92. The number of allylic oxidation sites excluding steroid dienone is 1. The first-order valence-corrected chi connectivity index (χ1v) is 4.84. The van der Waals surface area contributed by atoms with E-state index in [9.17, 15) is 4.79 Å². The molecule has 0 aliphatic rings. The maximum absolute atomic E-state index is 11.4. The highest BCUT2D eigenvalue weighted by Gasteiger charge is 2.06. The molecular formula is C9H12N2OS. The van der Waals surface area contributed by atoms with Crippen LogP contribution in [0.4, 0.5) is 5.13 Å². The Bertz CT molecular complexity index is 323. The Labute approximate surface area is 81.5 Å². The van der Waals surface area contributed by atoms with Crippen LogP contribution in [0.2, 0.25) is 0 Å². The van der Waals surface area contributed by atoms with Gasteiger partial charge >= 0.3 is 0 Å². The largest absolute Gasteiger partial charge is 0.298 e. The lowest BCUT2D eigenvalue weighted by atomic mass is 10.2. The average molecular weight is 196 g/mol. The molecule has 0 saturated heterocycles. The minimum atomic E-state index is -0.0741. The third kappa shape index (κ3) is 2.66. The molecule has 1 aromatic heterocycles. The summed E-state index contributed by atoms with van der Waals surface area (Å²) in [7, 11) is 0. The van der Waals surface area contributed by atoms with Crippen LogP contribution in [0.15, 0.2) is 22.7 Å². The number of rotatable bonds is 2. The summed E-state index contributed by atoms with van der Waals surface area (Å²) >= 11 is 1.41. The van der Waals surface area contributed by atoms with E-state index < -0.39 is 0 Å². The fraction of sp³-hybridized carbons (Fsp3) is 0.333. The van der Waals surface area contributed by atoms with Gasteiger partial charge in [0.05, 0.1) is 0 Å². The van der Waals surface area contributed by atoms with Crippen LogP contribution < -0.4 is 5.32 Å². The molecule has 0 atom stereocenters. The Hall–Kier alpha value is -1.16. The first-order chi connectivity index (χ1) is 6.11. The summed E-state index contributed by atoms with van der Waals surface area (Å²) in [6.07, 6.45) is 1.66. The molecule has 0 aliphatic carbocycles. The third-order valence-corrected chi connectivity index (χ3v) is 2.43. The Morgan fingerprint density at radius 2 is 2.15 bits per heavy atom. The second kappa shape index (κ2) is 4.18. The van der Waals surface area contributed by atoms with Gasteiger partial charge in [-0.3, -0.25) is 10.1 Å². The first kappa shape index (κ1) is 9.92. The van der Waals surface area contributed by atoms with Gasteiger partial charge in [-0.15, -0.1) is 11.3 Å². The number of amides is 1. The van der Waals surface area contributed by atoms with Crippen LogP contribution in [0.3, 0.4) is 0 Å². The number of anilines is 1. The van der Waals surface area contributed by atoms with Gasteiger partial charge < -0.3 is 0 Å². The molecular weight excluding hydrogens is 184 g/mol. The van der Waals surface area contributed by atoms with Crippen molar-refractivity contribution in [3.63, 3.8) is 0 Å². The van der Waals surface area contributed by atoms with Crippen LogP contribution in [0.5, 0.6) is 0 Å². The van der Waals surface area contributed by atoms with Crippen molar-refractivity contribution >= 4 is 22.4 Å². The molecule has 0 bridgehead atoms. The highest BCUT2D eigenvalue weighted by molar-refractivity contribution is 7.13. The average Bonchev–Trinajstić information content (AvgIpc) is 2.55. The smallest absolute Gasteiger partial charge is 0.253 e. The van der Waals surface area contributed by atoms with Gasteiger partial charge in [0.2, 0.25) is 0 Å². The van der Waals surface area contributed by atoms with E-state index in [0.29, 0.717) is 5.13 Å². The molecule has 4 heteroatoms. The van der Waals surface area contributed by atoms with Crippen LogP contribution in [-0.2, 0) is 4.79 Å². The molecule has 1 aromatic rings. The fourth-order valence-corrected chi connectivity index (χ4v) is 1.23. The Kier molecular flexibility index (Phi) is 3.19. The van der Waals surface area contributed by atoms with Crippen LogP contribution in [0.1, 0.15) is 20.8 Å². The van der Waals surface area contributed by atoms with Gasteiger partial charge in [0.15, 0.2) is 5.13 Å². The van der Waals surface area contributed by atoms with Crippen molar-refractivity contribution in [1.82, 2.24) is 4.98 Å². The molecule has 1 amide bonds. The van der Waals surface area contributed by atoms with Crippen molar-refractivity contribution in [3.8, 4) is 0 Å². The van der Waals surface area contributed by atoms with E-state index in [2.05, 4.69) is 10.3 Å². The van der Waals surface area contributed by atoms with E-state index in [4.69, 9.17) is 0 Å². The standard InChI is InChI=1S/C9H12N2OS/c1-6(2)7(3)8(12)11-9-10-4-5-13-9/h4-5H,1-3H3,(H,10,11,12). The molecule has 0 spiro atoms. The molecule has 0 aromatic carbocycles. The minimum Gasteiger partial charge on any atom is -0.298 e. The number of thiazole rings is 1. The molecule has 1 heterocycles. The lowest BCUT2D eigenvalue weighted by Crippen LogP contribution is -2.13. The predicted molar refractivity (Wildman–Crippen MR) is 54.8 cm³/mol. The fourth-order valence-electron chi connectivity index (χ4n) is 0.703. The van der Waals surface area contributed by atoms with E-state index in [0.717, 1.165) is 11.1 Å². The highest BCUT2D eigenvalue weighted by Crippen LogP contribution is 2.12. The summed E-state index contributed by atoms with van der Waals surface area (Å²) in [6.45, 7) is 5.63. The Morgan fingerprint density at radius 1 is 1.46 bits per heavy atom. The second-order valence-corrected chi connectivity index (χ2v) is 3.81. The Balaban J connectivity index is 2.67. The molecule has 0 saturated carbocycles. The van der Waals surface area contributed by atoms with Crippen LogP contribution in [0, 0.1) is 0 Å². The molecule has 0 unspecified atom stereocenters. The van der Waals surface area contributed by atoms with Crippen molar-refractivity contribution in [2.75, 3.05) is 5.32 Å². The number of hydrogen-bond acceptors (Lipinski definition) is 3. The third-order valence-electron chi connectivity index (χ3n) is 1.74. The molecule has 1 N–H and O–H groups in total. The van der Waals surface area contributed by atoms with E-state index in [1.807, 2.05) is 19.2 Å². The van der Waals surface area contributed by atoms with Crippen molar-refractivity contribution in [3.05, 3.63) is 22.7 Å². The number of nitrogens with zero attached hydrogens (tertiary/aromatic N) is 1. The van der Waals surface area contributed by atoms with Gasteiger partial charge in [-0.25, -0.2) is 4.98 Å². The summed E-state index contributed by atoms with van der Waals surface area (Å²) < 4.78 is 0. The van der Waals surface area contributed by atoms with Crippen molar-refractivity contribution in [1.29, 1.82) is 0 Å². The van der Waals surface area contributed by atoms with Gasteiger partial charge in [0.1, 0.15) is 0 Å². The molecule has 13 heavy (non-hydrogen) atoms. The maximum atomic E-state index is 11.4. The van der Waals surface area contributed by atoms with Gasteiger partial charge in [-0.2, -0.15) is 0 Å². The van der Waals surface area contributed by atoms with Gasteiger partial charge in [0.25, 0.3) is 5.91 Å². The maximum Gasteiger partial charge on any atom is 0.253 e. The van der Waals surface area contributed by atoms with Crippen molar-refractivity contribution in [2.45, 2.75) is 20.8 Å². The Morgan fingerprint density at radius 3 is 2.62 bits per heavy atom. The summed E-state index contributed by atoms with van der Waals surface area (Å²) in [4.78, 5) is 15.4. The summed E-state index contributed by atoms with van der Waals surface area (Å²) in [5.41, 5.74) is 1.77. The number of hydrogen-bond donors (Lipinski definition) is 1. The zero-order chi connectivity index (χ0) is 9.84. The lowest BCUT2D eigenvalue weighted by Gasteiger charge is -2.02. The van der Waals surface area contributed by atoms with E-state index in [1.54, 1.807) is 13.1 Å². The summed E-state index contributed by atoms with van der Waals surface area (Å²) in [5.74, 6) is -0.0741. The predicted octanol–water partition coefficient (Wildman–Crippen LogP) is 2.44. The topological polar surface area (TPSA) is 42.0 Å². The number of carbonyl (C=O) groups excluding carboxylic acids is 1. The van der Waals surface area contributed by atoms with E-state index in [1.165, 1.54) is 11.3 Å². The van der Waals surface area contributed by atoms with Crippen LogP contribution >= 0.6 is 11.3 Å². The van der Waals surface area contributed by atoms with Crippen LogP contribution in [0.25, 0.3) is 0 Å². The number of nitrogens with one attached hydrogen (secondary N) is 1. The normalized spacial score (nSPS) is 9.46. The zero-order valence-corrected chi connectivity index (χ0v) is 8.73. The first-order valence-electron chi connectivity index (χ1n) is 3.96. The molecule has 0 fully saturated rings. The van der Waals surface area contributed by atoms with Crippen LogP contribution in [-0.4, -0.2) is 10.9 Å². The molecule has 1 rings (SSSR count). The van der Waals surface area contributed by atoms with Gasteiger partial charge in [-0.05, 0) is 20.8 Å². The summed E-state index contributed by atoms with van der Waals surface area (Å²) in [6, 6.07) is 0. The van der Waals surface area contributed by atoms with E-state index >= 15 is 0 Å². The molecule has 70 valence electrons. The number of aromatic nitrogens is 1. The quantitative estimate of drug-likeness (QED) is 0.738. The van der Waals surface area contributed by atoms with Crippen molar-refractivity contribution in [2.24, 2.45) is 0 Å². The van der Waals surface area contributed by atoms with E-state index in [-0.39, 0.29) is 5.91 Å². The monoisotopic (exact) mass is 196 g/mol. The van der Waals surface area contributed by atoms with Crippen molar-refractivity contribution < 1.29 is 4.79 Å². The number of carbonyl (C=O) groups is 1. The van der Waals surface area contributed by atoms with Gasteiger partial charge in [0, 0.05) is 17.2 Å². The molecule has 3 nitrogen and oxygen atoms in total. The highest BCUT2D eigenvalue weighted by atomic mass is 32.1. The summed E-state index contributed by atoms with van der Waals surface area (Å²) in [5, 5.41) is 5.18. The SMILES string of the molecule is CC(C)=C(C)C(=O)Nc1nccs1. The molecule has 0 aliphatic heterocycles. The second-order valence-electron chi connectivity index (χ2n) is 2.92. The molecule has 0 radical (unpaired) electrons. The minimum absolute atomic E-state index is 0.0741.